The number of benzene rings is 1. The molecule has 7 heteroatoms. The third-order valence-corrected chi connectivity index (χ3v) is 6.90. The van der Waals surface area contributed by atoms with Crippen LogP contribution >= 0.6 is 0 Å². The standard InChI is InChI=1S/C23H26FN3O2.C5H13N/c1-2-18(28)15-16-4-3-5-17(14-16)25-22(29)19-6-7-20(24)26-21(19)27-12-10-23(8-9-23)11-13-27;1-5(2,3)6-4/h3-7,14H,2,8-13,15H2,1H3,(H,25,29);6H,1-4H3. The lowest BCUT2D eigenvalue weighted by Gasteiger charge is -2.33. The Morgan fingerprint density at radius 1 is 1.09 bits per heavy atom. The van der Waals surface area contributed by atoms with Crippen molar-refractivity contribution in [1.29, 1.82) is 0 Å². The summed E-state index contributed by atoms with van der Waals surface area (Å²) in [6.45, 7) is 9.83. The van der Waals surface area contributed by atoms with Gasteiger partial charge in [-0.2, -0.15) is 4.39 Å². The Morgan fingerprint density at radius 3 is 2.31 bits per heavy atom. The lowest BCUT2D eigenvalue weighted by molar-refractivity contribution is -0.118. The molecular weight excluding hydrogens is 443 g/mol. The molecule has 1 aliphatic heterocycles. The minimum absolute atomic E-state index is 0.150. The molecule has 6 nitrogen and oxygen atoms in total. The van der Waals surface area contributed by atoms with E-state index in [9.17, 15) is 14.0 Å². The molecule has 1 spiro atoms. The number of rotatable bonds is 6. The van der Waals surface area contributed by atoms with Crippen molar-refractivity contribution in [3.63, 3.8) is 0 Å². The quantitative estimate of drug-likeness (QED) is 0.541. The lowest BCUT2D eigenvalue weighted by atomic mass is 9.93. The van der Waals surface area contributed by atoms with Crippen LogP contribution in [0.2, 0.25) is 0 Å². The number of halogens is 1. The molecule has 0 radical (unpaired) electrons. The summed E-state index contributed by atoms with van der Waals surface area (Å²) in [5.41, 5.74) is 2.62. The van der Waals surface area contributed by atoms with Crippen LogP contribution in [0.4, 0.5) is 15.9 Å². The fourth-order valence-electron chi connectivity index (χ4n) is 4.02. The van der Waals surface area contributed by atoms with Gasteiger partial charge in [0.15, 0.2) is 0 Å². The molecule has 1 saturated carbocycles. The molecule has 2 aliphatic rings. The number of amides is 1. The first-order valence-corrected chi connectivity index (χ1v) is 12.6. The summed E-state index contributed by atoms with van der Waals surface area (Å²) in [5.74, 6) is -0.339. The number of carbonyl (C=O) groups excluding carboxylic acids is 2. The Labute approximate surface area is 208 Å². The average Bonchev–Trinajstić information content (AvgIpc) is 3.58. The minimum Gasteiger partial charge on any atom is -0.356 e. The number of piperidine rings is 1. The van der Waals surface area contributed by atoms with Gasteiger partial charge in [0.1, 0.15) is 11.6 Å². The van der Waals surface area contributed by atoms with Crippen LogP contribution in [-0.4, -0.2) is 42.4 Å². The van der Waals surface area contributed by atoms with E-state index in [1.165, 1.54) is 25.0 Å². The number of hydrogen-bond acceptors (Lipinski definition) is 5. The number of Topliss-reactive ketones (excluding diaryl/α,β-unsaturated/α-hetero) is 1. The summed E-state index contributed by atoms with van der Waals surface area (Å²) < 4.78 is 13.9. The molecule has 0 unspecified atom stereocenters. The zero-order valence-electron chi connectivity index (χ0n) is 21.7. The number of aromatic nitrogens is 1. The minimum atomic E-state index is -0.580. The smallest absolute Gasteiger partial charge is 0.259 e. The van der Waals surface area contributed by atoms with E-state index in [1.54, 1.807) is 12.1 Å². The van der Waals surface area contributed by atoms with Crippen molar-refractivity contribution >= 4 is 23.2 Å². The van der Waals surface area contributed by atoms with E-state index in [0.717, 1.165) is 31.5 Å². The molecule has 1 amide bonds. The van der Waals surface area contributed by atoms with Crippen LogP contribution in [0.5, 0.6) is 0 Å². The van der Waals surface area contributed by atoms with E-state index in [-0.39, 0.29) is 11.7 Å². The third-order valence-electron chi connectivity index (χ3n) is 6.90. The molecule has 1 aromatic carbocycles. The van der Waals surface area contributed by atoms with Gasteiger partial charge in [0.25, 0.3) is 5.91 Å². The van der Waals surface area contributed by atoms with Crippen LogP contribution < -0.4 is 15.5 Å². The van der Waals surface area contributed by atoms with Crippen molar-refractivity contribution in [2.75, 3.05) is 30.4 Å². The maximum Gasteiger partial charge on any atom is 0.259 e. The summed E-state index contributed by atoms with van der Waals surface area (Å²) >= 11 is 0. The number of hydrogen-bond donors (Lipinski definition) is 2. The van der Waals surface area contributed by atoms with Crippen molar-refractivity contribution in [2.24, 2.45) is 5.41 Å². The molecule has 1 aliphatic carbocycles. The van der Waals surface area contributed by atoms with Crippen molar-refractivity contribution in [3.8, 4) is 0 Å². The Morgan fingerprint density at radius 2 is 1.74 bits per heavy atom. The van der Waals surface area contributed by atoms with Crippen molar-refractivity contribution in [2.45, 2.75) is 71.8 Å². The highest BCUT2D eigenvalue weighted by molar-refractivity contribution is 6.07. The maximum atomic E-state index is 13.9. The lowest BCUT2D eigenvalue weighted by Crippen LogP contribution is -2.36. The van der Waals surface area contributed by atoms with Gasteiger partial charge in [-0.25, -0.2) is 4.98 Å². The zero-order chi connectivity index (χ0) is 25.6. The zero-order valence-corrected chi connectivity index (χ0v) is 21.7. The van der Waals surface area contributed by atoms with Crippen LogP contribution in [-0.2, 0) is 11.2 Å². The highest BCUT2D eigenvalue weighted by Crippen LogP contribution is 2.53. The third kappa shape index (κ3) is 7.85. The normalized spacial score (nSPS) is 16.3. The van der Waals surface area contributed by atoms with Crippen molar-refractivity contribution in [1.82, 2.24) is 10.3 Å². The fraction of sp³-hybridized carbons (Fsp3) is 0.536. The Balaban J connectivity index is 0.000000509. The fourth-order valence-corrected chi connectivity index (χ4v) is 4.02. The Bertz CT molecular complexity index is 1030. The number of anilines is 2. The van der Waals surface area contributed by atoms with Gasteiger partial charge >= 0.3 is 0 Å². The first kappa shape index (κ1) is 26.8. The maximum absolute atomic E-state index is 13.9. The molecule has 0 bridgehead atoms. The van der Waals surface area contributed by atoms with E-state index in [1.807, 2.05) is 31.0 Å². The van der Waals surface area contributed by atoms with E-state index in [2.05, 4.69) is 36.4 Å². The second kappa shape index (κ2) is 11.3. The van der Waals surface area contributed by atoms with Gasteiger partial charge in [-0.3, -0.25) is 9.59 Å². The second-order valence-electron chi connectivity index (χ2n) is 10.7. The van der Waals surface area contributed by atoms with Gasteiger partial charge in [-0.05, 0) is 88.7 Å². The summed E-state index contributed by atoms with van der Waals surface area (Å²) in [4.78, 5) is 30.7. The van der Waals surface area contributed by atoms with Crippen molar-refractivity contribution in [3.05, 3.63) is 53.5 Å². The number of nitrogens with zero attached hydrogens (tertiary/aromatic N) is 2. The predicted octanol–water partition coefficient (Wildman–Crippen LogP) is 5.38. The highest BCUT2D eigenvalue weighted by atomic mass is 19.1. The monoisotopic (exact) mass is 482 g/mol. The molecule has 2 aromatic rings. The molecule has 4 rings (SSSR count). The number of pyridine rings is 1. The summed E-state index contributed by atoms with van der Waals surface area (Å²) in [6.07, 6.45) is 5.53. The van der Waals surface area contributed by atoms with Crippen LogP contribution in [0.15, 0.2) is 36.4 Å². The topological polar surface area (TPSA) is 74.3 Å². The van der Waals surface area contributed by atoms with Gasteiger partial charge in [0, 0.05) is 37.2 Å². The SMILES string of the molecule is CCC(=O)Cc1cccc(NC(=O)c2ccc(F)nc2N2CCC3(CC2)CC3)c1.CNC(C)(C)C. The molecular formula is C28H39FN4O2. The second-order valence-corrected chi connectivity index (χ2v) is 10.7. The highest BCUT2D eigenvalue weighted by Gasteiger charge is 2.44. The van der Waals surface area contributed by atoms with Gasteiger partial charge in [-0.1, -0.05) is 19.1 Å². The molecule has 2 fully saturated rings. The summed E-state index contributed by atoms with van der Waals surface area (Å²) in [6, 6.07) is 10.00. The number of carbonyl (C=O) groups is 2. The van der Waals surface area contributed by atoms with Crippen molar-refractivity contribution < 1.29 is 14.0 Å². The first-order valence-electron chi connectivity index (χ1n) is 12.6. The molecule has 1 saturated heterocycles. The largest absolute Gasteiger partial charge is 0.356 e. The molecule has 2 N–H and O–H groups in total. The van der Waals surface area contributed by atoms with Crippen LogP contribution in [0.25, 0.3) is 0 Å². The van der Waals surface area contributed by atoms with Crippen LogP contribution in [0.3, 0.4) is 0 Å². The first-order chi connectivity index (χ1) is 16.5. The molecule has 2 heterocycles. The Hall–Kier alpha value is -2.80. The van der Waals surface area contributed by atoms with E-state index in [0.29, 0.717) is 40.9 Å². The average molecular weight is 483 g/mol. The Kier molecular flexibility index (Phi) is 8.65. The van der Waals surface area contributed by atoms with E-state index < -0.39 is 5.95 Å². The van der Waals surface area contributed by atoms with Gasteiger partial charge in [0.2, 0.25) is 5.95 Å². The summed E-state index contributed by atoms with van der Waals surface area (Å²) in [5, 5.41) is 5.98. The molecule has 0 atom stereocenters. The predicted molar refractivity (Wildman–Crippen MR) is 140 cm³/mol. The van der Waals surface area contributed by atoms with Gasteiger partial charge in [0.05, 0.1) is 5.56 Å². The summed E-state index contributed by atoms with van der Waals surface area (Å²) in [7, 11) is 1.96. The molecule has 190 valence electrons. The molecule has 1 aromatic heterocycles. The van der Waals surface area contributed by atoms with E-state index in [4.69, 9.17) is 0 Å². The van der Waals surface area contributed by atoms with E-state index >= 15 is 0 Å². The van der Waals surface area contributed by atoms with Crippen LogP contribution in [0, 0.1) is 11.4 Å². The molecule has 35 heavy (non-hydrogen) atoms. The van der Waals surface area contributed by atoms with Crippen LogP contribution in [0.1, 0.15) is 75.7 Å². The van der Waals surface area contributed by atoms with Gasteiger partial charge < -0.3 is 15.5 Å². The number of nitrogens with one attached hydrogen (secondary N) is 2. The van der Waals surface area contributed by atoms with Gasteiger partial charge in [-0.15, -0.1) is 0 Å². The number of ketones is 1.